The molecule has 0 unspecified atom stereocenters. The van der Waals surface area contributed by atoms with E-state index < -0.39 is 0 Å². The lowest BCUT2D eigenvalue weighted by Crippen LogP contribution is -2.31. The van der Waals surface area contributed by atoms with Crippen molar-refractivity contribution in [1.82, 2.24) is 0 Å². The van der Waals surface area contributed by atoms with Crippen LogP contribution in [0, 0.1) is 0 Å². The molecule has 1 heterocycles. The van der Waals surface area contributed by atoms with Crippen LogP contribution >= 0.6 is 0 Å². The van der Waals surface area contributed by atoms with Gasteiger partial charge in [-0.25, -0.2) is 0 Å². The van der Waals surface area contributed by atoms with Crippen LogP contribution in [0.1, 0.15) is 12.0 Å². The third-order valence-electron chi connectivity index (χ3n) is 3.64. The molecule has 0 radical (unpaired) electrons. The molecule has 3 nitrogen and oxygen atoms in total. The van der Waals surface area contributed by atoms with E-state index in [-0.39, 0.29) is 5.91 Å². The average molecular weight is 241 g/mol. The van der Waals surface area contributed by atoms with Gasteiger partial charge in [-0.1, -0.05) is 12.1 Å². The fourth-order valence-electron chi connectivity index (χ4n) is 2.60. The molecule has 2 aromatic rings. The van der Waals surface area contributed by atoms with Crippen molar-refractivity contribution in [3.63, 3.8) is 0 Å². The Hall–Kier alpha value is -2.03. The molecule has 1 aliphatic heterocycles. The molecule has 0 spiro atoms. The third kappa shape index (κ3) is 1.55. The highest BCUT2D eigenvalue weighted by Crippen LogP contribution is 2.34. The van der Waals surface area contributed by atoms with Crippen molar-refractivity contribution in [3.8, 4) is 5.75 Å². The minimum absolute atomic E-state index is 0.190. The van der Waals surface area contributed by atoms with Crippen LogP contribution in [0.15, 0.2) is 30.3 Å². The SMILES string of the molecule is COc1ccc2c3c(ccc2c1)N(C)C(=O)CC3. The number of carbonyl (C=O) groups is 1. The number of methoxy groups -OCH3 is 1. The van der Waals surface area contributed by atoms with E-state index in [1.165, 1.54) is 10.9 Å². The zero-order valence-corrected chi connectivity index (χ0v) is 10.6. The van der Waals surface area contributed by atoms with Crippen LogP contribution in [-0.4, -0.2) is 20.1 Å². The Morgan fingerprint density at radius 1 is 1.17 bits per heavy atom. The van der Waals surface area contributed by atoms with E-state index >= 15 is 0 Å². The van der Waals surface area contributed by atoms with Crippen LogP contribution in [0.4, 0.5) is 5.69 Å². The largest absolute Gasteiger partial charge is 0.497 e. The second-order valence-electron chi connectivity index (χ2n) is 4.60. The molecule has 0 saturated carbocycles. The van der Waals surface area contributed by atoms with E-state index in [4.69, 9.17) is 4.74 Å². The van der Waals surface area contributed by atoms with Gasteiger partial charge in [-0.2, -0.15) is 0 Å². The van der Waals surface area contributed by atoms with Crippen molar-refractivity contribution in [3.05, 3.63) is 35.9 Å². The maximum atomic E-state index is 11.7. The fraction of sp³-hybridized carbons (Fsp3) is 0.267. The molecule has 0 fully saturated rings. The van der Waals surface area contributed by atoms with Gasteiger partial charge in [0.15, 0.2) is 0 Å². The highest BCUT2D eigenvalue weighted by atomic mass is 16.5. The number of hydrogen-bond donors (Lipinski definition) is 0. The summed E-state index contributed by atoms with van der Waals surface area (Å²) in [6, 6.07) is 10.2. The van der Waals surface area contributed by atoms with Crippen molar-refractivity contribution < 1.29 is 9.53 Å². The molecule has 18 heavy (non-hydrogen) atoms. The number of aryl methyl sites for hydroxylation is 1. The number of carbonyl (C=O) groups excluding carboxylic acids is 1. The number of amides is 1. The highest BCUT2D eigenvalue weighted by Gasteiger charge is 2.22. The molecule has 0 saturated heterocycles. The van der Waals surface area contributed by atoms with E-state index in [0.717, 1.165) is 23.2 Å². The van der Waals surface area contributed by atoms with Crippen molar-refractivity contribution in [1.29, 1.82) is 0 Å². The number of benzene rings is 2. The first-order valence-electron chi connectivity index (χ1n) is 6.07. The standard InChI is InChI=1S/C15H15NO2/c1-16-14-7-3-10-9-11(18-2)4-5-12(10)13(14)6-8-15(16)17/h3-5,7,9H,6,8H2,1-2H3. The van der Waals surface area contributed by atoms with E-state index in [1.54, 1.807) is 12.0 Å². The Labute approximate surface area is 106 Å². The van der Waals surface area contributed by atoms with Gasteiger partial charge in [0.1, 0.15) is 5.75 Å². The van der Waals surface area contributed by atoms with Crippen LogP contribution in [0.5, 0.6) is 5.75 Å². The van der Waals surface area contributed by atoms with Gasteiger partial charge in [0.05, 0.1) is 7.11 Å². The number of hydrogen-bond acceptors (Lipinski definition) is 2. The predicted octanol–water partition coefficient (Wildman–Crippen LogP) is 2.76. The lowest BCUT2D eigenvalue weighted by Gasteiger charge is -2.26. The summed E-state index contributed by atoms with van der Waals surface area (Å²) in [5.41, 5.74) is 2.29. The predicted molar refractivity (Wildman–Crippen MR) is 72.2 cm³/mol. The van der Waals surface area contributed by atoms with Gasteiger partial charge in [-0.3, -0.25) is 4.79 Å². The Morgan fingerprint density at radius 2 is 2.00 bits per heavy atom. The molecular formula is C15H15NO2. The summed E-state index contributed by atoms with van der Waals surface area (Å²) in [7, 11) is 3.52. The summed E-state index contributed by atoms with van der Waals surface area (Å²) < 4.78 is 5.24. The topological polar surface area (TPSA) is 29.5 Å². The normalized spacial score (nSPS) is 14.8. The quantitative estimate of drug-likeness (QED) is 0.768. The molecule has 0 atom stereocenters. The first kappa shape index (κ1) is 11.1. The molecule has 92 valence electrons. The van der Waals surface area contributed by atoms with Gasteiger partial charge in [0.25, 0.3) is 0 Å². The summed E-state index contributed by atoms with van der Waals surface area (Å²) in [5, 5.41) is 2.38. The monoisotopic (exact) mass is 241 g/mol. The number of ether oxygens (including phenoxy) is 1. The second kappa shape index (κ2) is 4.02. The van der Waals surface area contributed by atoms with Crippen LogP contribution in [0.3, 0.4) is 0 Å². The van der Waals surface area contributed by atoms with E-state index in [1.807, 2.05) is 31.3 Å². The van der Waals surface area contributed by atoms with Crippen LogP contribution in [-0.2, 0) is 11.2 Å². The number of rotatable bonds is 1. The lowest BCUT2D eigenvalue weighted by atomic mass is 9.95. The molecule has 0 aliphatic carbocycles. The smallest absolute Gasteiger partial charge is 0.227 e. The molecule has 3 heteroatoms. The highest BCUT2D eigenvalue weighted by molar-refractivity contribution is 6.01. The Morgan fingerprint density at radius 3 is 2.78 bits per heavy atom. The number of nitrogens with zero attached hydrogens (tertiary/aromatic N) is 1. The molecule has 0 N–H and O–H groups in total. The Kier molecular flexibility index (Phi) is 2.47. The van der Waals surface area contributed by atoms with E-state index in [2.05, 4.69) is 6.07 Å². The zero-order valence-electron chi connectivity index (χ0n) is 10.6. The molecular weight excluding hydrogens is 226 g/mol. The van der Waals surface area contributed by atoms with E-state index in [0.29, 0.717) is 6.42 Å². The van der Waals surface area contributed by atoms with Crippen molar-refractivity contribution in [2.45, 2.75) is 12.8 Å². The van der Waals surface area contributed by atoms with Crippen molar-refractivity contribution in [2.24, 2.45) is 0 Å². The molecule has 0 aromatic heterocycles. The zero-order chi connectivity index (χ0) is 12.7. The molecule has 1 aliphatic rings. The van der Waals surface area contributed by atoms with Gasteiger partial charge in [-0.05, 0) is 41.0 Å². The number of anilines is 1. The minimum atomic E-state index is 0.190. The van der Waals surface area contributed by atoms with Crippen molar-refractivity contribution >= 4 is 22.4 Å². The summed E-state index contributed by atoms with van der Waals surface area (Å²) in [6.45, 7) is 0. The maximum Gasteiger partial charge on any atom is 0.227 e. The number of fused-ring (bicyclic) bond motifs is 3. The fourth-order valence-corrected chi connectivity index (χ4v) is 2.60. The maximum absolute atomic E-state index is 11.7. The van der Waals surface area contributed by atoms with E-state index in [9.17, 15) is 4.79 Å². The molecule has 2 aromatic carbocycles. The Balaban J connectivity index is 2.24. The Bertz CT molecular complexity index is 634. The first-order valence-corrected chi connectivity index (χ1v) is 6.07. The lowest BCUT2D eigenvalue weighted by molar-refractivity contribution is -0.118. The molecule has 3 rings (SSSR count). The molecule has 0 bridgehead atoms. The van der Waals surface area contributed by atoms with Crippen LogP contribution in [0.25, 0.3) is 10.8 Å². The average Bonchev–Trinajstić information content (AvgIpc) is 2.41. The van der Waals surface area contributed by atoms with Gasteiger partial charge in [0.2, 0.25) is 5.91 Å². The van der Waals surface area contributed by atoms with Gasteiger partial charge >= 0.3 is 0 Å². The summed E-state index contributed by atoms with van der Waals surface area (Å²) >= 11 is 0. The molecule has 1 amide bonds. The summed E-state index contributed by atoms with van der Waals surface area (Å²) in [5.74, 6) is 1.05. The van der Waals surface area contributed by atoms with Crippen LogP contribution in [0.2, 0.25) is 0 Å². The van der Waals surface area contributed by atoms with Gasteiger partial charge < -0.3 is 9.64 Å². The third-order valence-corrected chi connectivity index (χ3v) is 3.64. The first-order chi connectivity index (χ1) is 8.70. The summed E-state index contributed by atoms with van der Waals surface area (Å²) in [4.78, 5) is 13.5. The van der Waals surface area contributed by atoms with Gasteiger partial charge in [-0.15, -0.1) is 0 Å². The van der Waals surface area contributed by atoms with Crippen molar-refractivity contribution in [2.75, 3.05) is 19.1 Å². The minimum Gasteiger partial charge on any atom is -0.497 e. The van der Waals surface area contributed by atoms with Gasteiger partial charge in [0, 0.05) is 19.2 Å². The summed E-state index contributed by atoms with van der Waals surface area (Å²) in [6.07, 6.45) is 1.41. The van der Waals surface area contributed by atoms with Crippen LogP contribution < -0.4 is 9.64 Å². The second-order valence-corrected chi connectivity index (χ2v) is 4.60.